The Morgan fingerprint density at radius 2 is 1.91 bits per heavy atom. The smallest absolute Gasteiger partial charge is 0.273 e. The van der Waals surface area contributed by atoms with Crippen molar-refractivity contribution in [3.05, 3.63) is 75.1 Å². The monoisotopic (exact) mass is 316 g/mol. The van der Waals surface area contributed by atoms with E-state index < -0.39 is 4.92 Å². The van der Waals surface area contributed by atoms with Gasteiger partial charge in [-0.3, -0.25) is 14.9 Å². The van der Waals surface area contributed by atoms with Crippen molar-refractivity contribution >= 4 is 11.6 Å². The summed E-state index contributed by atoms with van der Waals surface area (Å²) in [7, 11) is 0. The van der Waals surface area contributed by atoms with E-state index in [1.54, 1.807) is 31.2 Å². The molecular weight excluding hydrogens is 299 g/mol. The maximum Gasteiger partial charge on any atom is 0.273 e. The minimum absolute atomic E-state index is 0.0658. The Hall–Kier alpha value is -2.76. The number of rotatable bonds is 6. The molecule has 1 amide bonds. The van der Waals surface area contributed by atoms with Gasteiger partial charge in [-0.2, -0.15) is 0 Å². The molecule has 120 valence electrons. The molecule has 0 aromatic heterocycles. The molecule has 0 bridgehead atoms. The second kappa shape index (κ2) is 7.49. The lowest BCUT2D eigenvalue weighted by molar-refractivity contribution is -0.385. The molecular formula is C17H17FN2O3. The van der Waals surface area contributed by atoms with Crippen LogP contribution in [0.3, 0.4) is 0 Å². The molecule has 23 heavy (non-hydrogen) atoms. The number of nitro benzene ring substituents is 1. The lowest BCUT2D eigenvalue weighted by atomic mass is 10.1. The Morgan fingerprint density at radius 1 is 1.22 bits per heavy atom. The van der Waals surface area contributed by atoms with Crippen molar-refractivity contribution in [2.75, 3.05) is 6.54 Å². The van der Waals surface area contributed by atoms with E-state index in [9.17, 15) is 19.3 Å². The van der Waals surface area contributed by atoms with Gasteiger partial charge in [-0.1, -0.05) is 18.2 Å². The highest BCUT2D eigenvalue weighted by molar-refractivity contribution is 5.94. The highest BCUT2D eigenvalue weighted by Crippen LogP contribution is 2.19. The van der Waals surface area contributed by atoms with Crippen LogP contribution in [0.2, 0.25) is 0 Å². The molecule has 2 rings (SSSR count). The van der Waals surface area contributed by atoms with E-state index in [1.165, 1.54) is 18.2 Å². The second-order valence-corrected chi connectivity index (χ2v) is 5.24. The predicted octanol–water partition coefficient (Wildman–Crippen LogP) is 3.40. The van der Waals surface area contributed by atoms with Gasteiger partial charge >= 0.3 is 0 Å². The van der Waals surface area contributed by atoms with E-state index in [0.29, 0.717) is 24.9 Å². The zero-order valence-electron chi connectivity index (χ0n) is 12.7. The molecule has 0 radical (unpaired) electrons. The maximum absolute atomic E-state index is 12.8. The van der Waals surface area contributed by atoms with Crippen molar-refractivity contribution in [2.45, 2.75) is 19.8 Å². The van der Waals surface area contributed by atoms with E-state index in [2.05, 4.69) is 5.32 Å². The van der Waals surface area contributed by atoms with Crippen LogP contribution in [0.25, 0.3) is 0 Å². The Labute approximate surface area is 133 Å². The molecule has 6 heteroatoms. The molecule has 0 aliphatic rings. The number of amides is 1. The summed E-state index contributed by atoms with van der Waals surface area (Å²) in [6.07, 6.45) is 1.42. The Balaban J connectivity index is 1.86. The van der Waals surface area contributed by atoms with E-state index in [1.807, 2.05) is 0 Å². The fourth-order valence-electron chi connectivity index (χ4n) is 2.19. The van der Waals surface area contributed by atoms with Crippen LogP contribution >= 0.6 is 0 Å². The van der Waals surface area contributed by atoms with Crippen LogP contribution in [-0.2, 0) is 6.42 Å². The summed E-state index contributed by atoms with van der Waals surface area (Å²) < 4.78 is 12.8. The number of benzene rings is 2. The Kier molecular flexibility index (Phi) is 5.41. The summed E-state index contributed by atoms with van der Waals surface area (Å²) in [6, 6.07) is 10.6. The molecule has 0 heterocycles. The van der Waals surface area contributed by atoms with Gasteiger partial charge in [0.25, 0.3) is 11.6 Å². The first-order chi connectivity index (χ1) is 11.0. The number of carbonyl (C=O) groups is 1. The lowest BCUT2D eigenvalue weighted by Gasteiger charge is -2.06. The molecule has 2 aromatic carbocycles. The number of hydrogen-bond donors (Lipinski definition) is 1. The van der Waals surface area contributed by atoms with Gasteiger partial charge in [-0.05, 0) is 43.5 Å². The highest BCUT2D eigenvalue weighted by atomic mass is 19.1. The van der Waals surface area contributed by atoms with Crippen LogP contribution < -0.4 is 5.32 Å². The number of carbonyl (C=O) groups excluding carboxylic acids is 1. The molecule has 0 unspecified atom stereocenters. The van der Waals surface area contributed by atoms with E-state index >= 15 is 0 Å². The van der Waals surface area contributed by atoms with E-state index in [4.69, 9.17) is 0 Å². The van der Waals surface area contributed by atoms with Crippen molar-refractivity contribution in [3.63, 3.8) is 0 Å². The molecule has 0 spiro atoms. The zero-order chi connectivity index (χ0) is 16.8. The number of nitrogens with zero attached hydrogens (tertiary/aromatic N) is 1. The van der Waals surface area contributed by atoms with Crippen LogP contribution in [0, 0.1) is 22.9 Å². The standard InChI is InChI=1S/C17H17FN2O3/c1-12-4-7-14(11-16(12)20(22)23)17(21)19-10-2-3-13-5-8-15(18)9-6-13/h4-9,11H,2-3,10H2,1H3,(H,19,21). The van der Waals surface area contributed by atoms with Gasteiger partial charge < -0.3 is 5.32 Å². The number of nitro groups is 1. The molecule has 2 aromatic rings. The molecule has 0 aliphatic carbocycles. The third kappa shape index (κ3) is 4.60. The largest absolute Gasteiger partial charge is 0.352 e. The zero-order valence-corrected chi connectivity index (χ0v) is 12.7. The molecule has 1 N–H and O–H groups in total. The SMILES string of the molecule is Cc1ccc(C(=O)NCCCc2ccc(F)cc2)cc1[N+](=O)[O-]. The van der Waals surface area contributed by atoms with Crippen LogP contribution in [0.4, 0.5) is 10.1 Å². The fraction of sp³-hybridized carbons (Fsp3) is 0.235. The first kappa shape index (κ1) is 16.6. The van der Waals surface area contributed by atoms with Gasteiger partial charge in [0.15, 0.2) is 0 Å². The lowest BCUT2D eigenvalue weighted by Crippen LogP contribution is -2.24. The van der Waals surface area contributed by atoms with E-state index in [0.717, 1.165) is 5.56 Å². The molecule has 0 fully saturated rings. The third-order valence-electron chi connectivity index (χ3n) is 3.51. The van der Waals surface area contributed by atoms with Crippen molar-refractivity contribution < 1.29 is 14.1 Å². The highest BCUT2D eigenvalue weighted by Gasteiger charge is 2.14. The molecule has 0 saturated carbocycles. The Bertz CT molecular complexity index is 714. The quantitative estimate of drug-likeness (QED) is 0.504. The molecule has 0 aliphatic heterocycles. The summed E-state index contributed by atoms with van der Waals surface area (Å²) in [5, 5.41) is 13.6. The minimum atomic E-state index is -0.499. The number of halogens is 1. The summed E-state index contributed by atoms with van der Waals surface area (Å²) in [5.41, 5.74) is 1.71. The topological polar surface area (TPSA) is 72.2 Å². The summed E-state index contributed by atoms with van der Waals surface area (Å²) in [6.45, 7) is 2.07. The number of aryl methyl sites for hydroxylation is 2. The predicted molar refractivity (Wildman–Crippen MR) is 84.9 cm³/mol. The summed E-state index contributed by atoms with van der Waals surface area (Å²) in [4.78, 5) is 22.4. The van der Waals surface area contributed by atoms with Crippen molar-refractivity contribution in [3.8, 4) is 0 Å². The number of nitrogens with one attached hydrogen (secondary N) is 1. The normalized spacial score (nSPS) is 10.3. The first-order valence-corrected chi connectivity index (χ1v) is 7.25. The number of hydrogen-bond acceptors (Lipinski definition) is 3. The average Bonchev–Trinajstić information content (AvgIpc) is 2.53. The van der Waals surface area contributed by atoms with Crippen molar-refractivity contribution in [1.29, 1.82) is 0 Å². The van der Waals surface area contributed by atoms with E-state index in [-0.39, 0.29) is 23.0 Å². The second-order valence-electron chi connectivity index (χ2n) is 5.24. The maximum atomic E-state index is 12.8. The van der Waals surface area contributed by atoms with Gasteiger partial charge in [0.05, 0.1) is 4.92 Å². The first-order valence-electron chi connectivity index (χ1n) is 7.25. The molecule has 5 nitrogen and oxygen atoms in total. The van der Waals surface area contributed by atoms with Crippen LogP contribution in [0.1, 0.15) is 27.9 Å². The summed E-state index contributed by atoms with van der Waals surface area (Å²) in [5.74, 6) is -0.616. The van der Waals surface area contributed by atoms with Gasteiger partial charge in [0.2, 0.25) is 0 Å². The average molecular weight is 316 g/mol. The van der Waals surface area contributed by atoms with Gasteiger partial charge in [0, 0.05) is 23.7 Å². The van der Waals surface area contributed by atoms with Gasteiger partial charge in [0.1, 0.15) is 5.82 Å². The molecule has 0 atom stereocenters. The van der Waals surface area contributed by atoms with Crippen molar-refractivity contribution in [2.24, 2.45) is 0 Å². The third-order valence-corrected chi connectivity index (χ3v) is 3.51. The minimum Gasteiger partial charge on any atom is -0.352 e. The van der Waals surface area contributed by atoms with Gasteiger partial charge in [-0.25, -0.2) is 4.39 Å². The Morgan fingerprint density at radius 3 is 2.57 bits per heavy atom. The van der Waals surface area contributed by atoms with Crippen molar-refractivity contribution in [1.82, 2.24) is 5.32 Å². The fourth-order valence-corrected chi connectivity index (χ4v) is 2.19. The van der Waals surface area contributed by atoms with Crippen LogP contribution in [0.5, 0.6) is 0 Å². The van der Waals surface area contributed by atoms with Crippen LogP contribution in [-0.4, -0.2) is 17.4 Å². The molecule has 0 saturated heterocycles. The van der Waals surface area contributed by atoms with Gasteiger partial charge in [-0.15, -0.1) is 0 Å². The summed E-state index contributed by atoms with van der Waals surface area (Å²) >= 11 is 0. The van der Waals surface area contributed by atoms with Crippen LogP contribution in [0.15, 0.2) is 42.5 Å².